The highest BCUT2D eigenvalue weighted by molar-refractivity contribution is 9.10. The van der Waals surface area contributed by atoms with E-state index in [0.717, 1.165) is 4.90 Å². The van der Waals surface area contributed by atoms with Gasteiger partial charge in [-0.25, -0.2) is 14.6 Å². The van der Waals surface area contributed by atoms with Crippen LogP contribution in [0.2, 0.25) is 0 Å². The molecule has 9 nitrogen and oxygen atoms in total. The van der Waals surface area contributed by atoms with Crippen molar-refractivity contribution in [3.8, 4) is 0 Å². The van der Waals surface area contributed by atoms with Crippen LogP contribution in [0.1, 0.15) is 27.0 Å². The lowest BCUT2D eigenvalue weighted by molar-refractivity contribution is -0.222. The van der Waals surface area contributed by atoms with Crippen LogP contribution < -0.4 is 5.32 Å². The molecule has 200 valence electrons. The van der Waals surface area contributed by atoms with Gasteiger partial charge in [0.05, 0.1) is 24.7 Å². The molecule has 0 radical (unpaired) electrons. The predicted molar refractivity (Wildman–Crippen MR) is 136 cm³/mol. The molecule has 1 unspecified atom stereocenters. The minimum absolute atomic E-state index is 0.0170. The largest absolute Gasteiger partial charge is 0.491 e. The number of hydrogen-bond acceptors (Lipinski definition) is 6. The Morgan fingerprint density at radius 3 is 2.54 bits per heavy atom. The second-order valence-corrected chi connectivity index (χ2v) is 9.35. The van der Waals surface area contributed by atoms with Crippen molar-refractivity contribution in [3.63, 3.8) is 0 Å². The van der Waals surface area contributed by atoms with E-state index < -0.39 is 29.9 Å². The molecule has 2 amide bonds. The normalized spacial score (nSPS) is 16.7. The SMILES string of the molecule is COC(=O)Nc1nc2ccc(C3(OC(=O)C(F)(F)F)c4ccccc4C(=O)N3Cc3ccccc3Br)cc2[nH]1. The summed E-state index contributed by atoms with van der Waals surface area (Å²) < 4.78 is 51.4. The summed E-state index contributed by atoms with van der Waals surface area (Å²) in [7, 11) is 1.17. The number of amides is 2. The van der Waals surface area contributed by atoms with Gasteiger partial charge in [0.1, 0.15) is 0 Å². The molecule has 0 saturated carbocycles. The fraction of sp³-hybridized carbons (Fsp3) is 0.154. The van der Waals surface area contributed by atoms with Gasteiger partial charge in [-0.15, -0.1) is 0 Å². The van der Waals surface area contributed by atoms with Crippen LogP contribution in [0, 0.1) is 0 Å². The molecule has 0 saturated heterocycles. The first-order valence-electron chi connectivity index (χ1n) is 11.3. The van der Waals surface area contributed by atoms with Crippen molar-refractivity contribution in [2.24, 2.45) is 0 Å². The number of aromatic amines is 1. The molecule has 0 spiro atoms. The molecular weight excluding hydrogens is 585 g/mol. The molecule has 2 N–H and O–H groups in total. The van der Waals surface area contributed by atoms with Gasteiger partial charge in [0.2, 0.25) is 11.7 Å². The second-order valence-electron chi connectivity index (χ2n) is 8.49. The number of esters is 1. The number of nitrogens with one attached hydrogen (secondary N) is 2. The summed E-state index contributed by atoms with van der Waals surface area (Å²) in [6, 6.07) is 17.2. The first-order valence-corrected chi connectivity index (χ1v) is 12.1. The zero-order chi connectivity index (χ0) is 27.9. The number of carbonyl (C=O) groups excluding carboxylic acids is 3. The molecule has 1 atom stereocenters. The van der Waals surface area contributed by atoms with E-state index >= 15 is 0 Å². The van der Waals surface area contributed by atoms with Crippen molar-refractivity contribution in [3.05, 3.63) is 93.5 Å². The van der Waals surface area contributed by atoms with E-state index in [1.165, 1.54) is 43.5 Å². The van der Waals surface area contributed by atoms with Crippen LogP contribution in [0.4, 0.5) is 23.9 Å². The number of hydrogen-bond donors (Lipinski definition) is 2. The summed E-state index contributed by atoms with van der Waals surface area (Å²) in [5, 5.41) is 2.37. The second kappa shape index (κ2) is 9.73. The lowest BCUT2D eigenvalue weighted by Gasteiger charge is -2.39. The number of halogens is 4. The van der Waals surface area contributed by atoms with Crippen molar-refractivity contribution in [1.82, 2.24) is 14.9 Å². The summed E-state index contributed by atoms with van der Waals surface area (Å²) in [6.07, 6.45) is -6.14. The maximum atomic E-state index is 13.7. The van der Waals surface area contributed by atoms with E-state index in [4.69, 9.17) is 4.74 Å². The molecule has 2 heterocycles. The molecule has 1 aliphatic heterocycles. The van der Waals surface area contributed by atoms with Gasteiger partial charge in [-0.05, 0) is 29.8 Å². The van der Waals surface area contributed by atoms with Crippen molar-refractivity contribution >= 4 is 50.9 Å². The lowest BCUT2D eigenvalue weighted by atomic mass is 9.92. The van der Waals surface area contributed by atoms with Crippen LogP contribution >= 0.6 is 15.9 Å². The van der Waals surface area contributed by atoms with Crippen LogP contribution in [-0.4, -0.2) is 46.1 Å². The molecule has 1 aromatic heterocycles. The van der Waals surface area contributed by atoms with Crippen LogP contribution in [0.3, 0.4) is 0 Å². The first-order chi connectivity index (χ1) is 18.5. The average molecular weight is 603 g/mol. The number of alkyl halides is 3. The summed E-state index contributed by atoms with van der Waals surface area (Å²) in [5.74, 6) is -3.08. The van der Waals surface area contributed by atoms with E-state index in [2.05, 4.69) is 36.0 Å². The molecule has 0 fully saturated rings. The molecule has 0 aliphatic carbocycles. The lowest BCUT2D eigenvalue weighted by Crippen LogP contribution is -2.49. The number of benzene rings is 3. The highest BCUT2D eigenvalue weighted by Gasteiger charge is 2.57. The van der Waals surface area contributed by atoms with Gasteiger partial charge in [0.15, 0.2) is 0 Å². The number of rotatable bonds is 5. The highest BCUT2D eigenvalue weighted by Crippen LogP contribution is 2.48. The number of aromatic nitrogens is 2. The van der Waals surface area contributed by atoms with Crippen LogP contribution in [0.5, 0.6) is 0 Å². The van der Waals surface area contributed by atoms with Crippen molar-refractivity contribution in [2.75, 3.05) is 12.4 Å². The molecule has 3 aromatic carbocycles. The van der Waals surface area contributed by atoms with Crippen LogP contribution in [-0.2, 0) is 26.5 Å². The zero-order valence-corrected chi connectivity index (χ0v) is 21.6. The third kappa shape index (κ3) is 4.58. The Morgan fingerprint density at radius 1 is 1.10 bits per heavy atom. The summed E-state index contributed by atoms with van der Waals surface area (Å²) in [4.78, 5) is 45.9. The minimum Gasteiger partial charge on any atom is -0.453 e. The minimum atomic E-state index is -5.34. The number of methoxy groups -OCH3 is 1. The van der Waals surface area contributed by atoms with E-state index in [1.54, 1.807) is 30.3 Å². The van der Waals surface area contributed by atoms with Gasteiger partial charge in [0, 0.05) is 21.2 Å². The van der Waals surface area contributed by atoms with Gasteiger partial charge in [0.25, 0.3) is 5.91 Å². The molecule has 13 heteroatoms. The monoisotopic (exact) mass is 602 g/mol. The van der Waals surface area contributed by atoms with Gasteiger partial charge in [-0.3, -0.25) is 15.0 Å². The molecule has 4 aromatic rings. The number of anilines is 1. The standard InChI is InChI=1S/C26H18BrF3N4O5/c1-38-24(37)33-23-31-19-11-10-15(12-20(19)32-23)25(39-22(36)26(28,29)30)17-8-4-3-7-16(17)21(35)34(25)13-14-6-2-5-9-18(14)27/h2-12H,13H2,1H3,(H2,31,32,33,37). The number of fused-ring (bicyclic) bond motifs is 2. The number of imidazole rings is 1. The van der Waals surface area contributed by atoms with Crippen molar-refractivity contribution < 1.29 is 37.0 Å². The van der Waals surface area contributed by atoms with Gasteiger partial charge in [-0.1, -0.05) is 58.4 Å². The summed E-state index contributed by atoms with van der Waals surface area (Å²) in [6.45, 7) is -0.198. The van der Waals surface area contributed by atoms with Gasteiger partial charge >= 0.3 is 18.2 Å². The Balaban J connectivity index is 1.73. The topological polar surface area (TPSA) is 114 Å². The first kappa shape index (κ1) is 26.2. The van der Waals surface area contributed by atoms with E-state index in [1.807, 2.05) is 0 Å². The Morgan fingerprint density at radius 2 is 1.82 bits per heavy atom. The van der Waals surface area contributed by atoms with Crippen molar-refractivity contribution in [1.29, 1.82) is 0 Å². The summed E-state index contributed by atoms with van der Waals surface area (Å²) >= 11 is 3.41. The number of nitrogens with zero attached hydrogens (tertiary/aromatic N) is 2. The van der Waals surface area contributed by atoms with Crippen LogP contribution in [0.15, 0.2) is 71.2 Å². The van der Waals surface area contributed by atoms with Gasteiger partial charge < -0.3 is 14.5 Å². The quantitative estimate of drug-likeness (QED) is 0.293. The number of carbonyl (C=O) groups is 3. The van der Waals surface area contributed by atoms with Crippen molar-refractivity contribution in [2.45, 2.75) is 18.4 Å². The third-order valence-electron chi connectivity index (χ3n) is 6.18. The van der Waals surface area contributed by atoms with Crippen LogP contribution in [0.25, 0.3) is 11.0 Å². The Hall–Kier alpha value is -4.39. The maximum Gasteiger partial charge on any atom is 0.491 e. The molecule has 1 aliphatic rings. The summed E-state index contributed by atoms with van der Waals surface area (Å²) in [5.41, 5.74) is -0.894. The average Bonchev–Trinajstić information content (AvgIpc) is 3.41. The number of ether oxygens (including phenoxy) is 2. The molecular formula is C26H18BrF3N4O5. The zero-order valence-electron chi connectivity index (χ0n) is 20.0. The molecule has 5 rings (SSSR count). The van der Waals surface area contributed by atoms with Gasteiger partial charge in [-0.2, -0.15) is 13.2 Å². The van der Waals surface area contributed by atoms with E-state index in [-0.39, 0.29) is 29.2 Å². The third-order valence-corrected chi connectivity index (χ3v) is 6.96. The Kier molecular flexibility index (Phi) is 6.54. The highest BCUT2D eigenvalue weighted by atomic mass is 79.9. The Labute approximate surface area is 227 Å². The smallest absolute Gasteiger partial charge is 0.453 e. The molecule has 0 bridgehead atoms. The van der Waals surface area contributed by atoms with E-state index in [9.17, 15) is 27.6 Å². The fourth-order valence-electron chi connectivity index (χ4n) is 4.48. The predicted octanol–water partition coefficient (Wildman–Crippen LogP) is 5.47. The Bertz CT molecular complexity index is 1620. The fourth-order valence-corrected chi connectivity index (χ4v) is 4.89. The number of H-pyrrole nitrogens is 1. The van der Waals surface area contributed by atoms with E-state index in [0.29, 0.717) is 21.1 Å². The molecule has 39 heavy (non-hydrogen) atoms. The maximum absolute atomic E-state index is 13.7.